The van der Waals surface area contributed by atoms with Crippen LogP contribution in [0.4, 0.5) is 22.0 Å². The second-order valence-corrected chi connectivity index (χ2v) is 8.09. The van der Waals surface area contributed by atoms with Gasteiger partial charge in [0.05, 0.1) is 17.4 Å². The van der Waals surface area contributed by atoms with Crippen LogP contribution in [-0.4, -0.2) is 35.9 Å². The van der Waals surface area contributed by atoms with E-state index in [1.54, 1.807) is 6.07 Å². The molecule has 0 aromatic carbocycles. The van der Waals surface area contributed by atoms with Crippen molar-refractivity contribution in [2.24, 2.45) is 0 Å². The Morgan fingerprint density at radius 1 is 1.29 bits per heavy atom. The molecule has 0 amide bonds. The van der Waals surface area contributed by atoms with Crippen molar-refractivity contribution < 1.29 is 30.4 Å². The summed E-state index contributed by atoms with van der Waals surface area (Å²) < 4.78 is 85.2. The summed E-state index contributed by atoms with van der Waals surface area (Å²) >= 11 is 0.242. The molecule has 11 heteroatoms. The molecule has 0 aliphatic heterocycles. The van der Waals surface area contributed by atoms with Gasteiger partial charge in [0.2, 0.25) is 0 Å². The van der Waals surface area contributed by atoms with Gasteiger partial charge in [-0.25, -0.2) is 8.42 Å². The topological polar surface area (TPSA) is 70.8 Å². The second-order valence-electron chi connectivity index (χ2n) is 4.69. The Bertz CT molecular complexity index is 669. The third-order valence-electron chi connectivity index (χ3n) is 3.00. The number of nitrogens with zero attached hydrogens (tertiary/aromatic N) is 2. The molecule has 0 saturated heterocycles. The van der Waals surface area contributed by atoms with Crippen LogP contribution in [0.15, 0.2) is 18.3 Å². The lowest BCUT2D eigenvalue weighted by Crippen LogP contribution is -2.24. The van der Waals surface area contributed by atoms with E-state index >= 15 is 0 Å². The van der Waals surface area contributed by atoms with Gasteiger partial charge in [-0.15, -0.1) is 0 Å². The average molecular weight is 388 g/mol. The Morgan fingerprint density at radius 2 is 1.96 bits per heavy atom. The molecule has 0 aliphatic rings. The van der Waals surface area contributed by atoms with E-state index in [1.807, 2.05) is 0 Å². The molecule has 0 radical (unpaired) electrons. The zero-order chi connectivity index (χ0) is 18.4. The Hall–Kier alpha value is -1.41. The summed E-state index contributed by atoms with van der Waals surface area (Å²) in [6.07, 6.45) is -4.34. The summed E-state index contributed by atoms with van der Waals surface area (Å²) in [5.41, 5.74) is -0.821. The molecule has 0 N–H and O–H groups in total. The molecule has 1 aromatic heterocycles. The smallest absolute Gasteiger partial charge is 0.261 e. The first kappa shape index (κ1) is 20.6. The van der Waals surface area contributed by atoms with Crippen LogP contribution < -0.4 is 0 Å². The van der Waals surface area contributed by atoms with Gasteiger partial charge in [0.1, 0.15) is 5.25 Å². The largest absolute Gasteiger partial charge is 0.417 e. The fraction of sp³-hybridized carbons (Fsp3) is 0.538. The number of alkyl halides is 5. The van der Waals surface area contributed by atoms with Crippen molar-refractivity contribution >= 4 is 21.6 Å². The summed E-state index contributed by atoms with van der Waals surface area (Å²) in [4.78, 5) is 3.55. The normalized spacial score (nSPS) is 13.7. The molecule has 0 spiro atoms. The highest BCUT2D eigenvalue weighted by molar-refractivity contribution is 7.99. The zero-order valence-corrected chi connectivity index (χ0v) is 13.8. The lowest BCUT2D eigenvalue weighted by atomic mass is 10.2. The molecule has 0 aliphatic carbocycles. The predicted octanol–water partition coefficient (Wildman–Crippen LogP) is 3.30. The molecule has 0 fully saturated rings. The Balaban J connectivity index is 2.65. The molecular formula is C13H13F5N2O2S2. The summed E-state index contributed by atoms with van der Waals surface area (Å²) in [6, 6.07) is 3.42. The maximum absolute atomic E-state index is 12.4. The second kappa shape index (κ2) is 8.62. The first-order valence-corrected chi connectivity index (χ1v) is 9.35. The number of hydrogen-bond acceptors (Lipinski definition) is 5. The minimum Gasteiger partial charge on any atom is -0.261 e. The number of sulfone groups is 1. The number of pyridine rings is 1. The lowest BCUT2D eigenvalue weighted by Gasteiger charge is -2.11. The van der Waals surface area contributed by atoms with Gasteiger partial charge >= 0.3 is 6.18 Å². The van der Waals surface area contributed by atoms with Crippen LogP contribution in [0.1, 0.15) is 17.7 Å². The maximum atomic E-state index is 12.4. The molecule has 1 atom stereocenters. The highest BCUT2D eigenvalue weighted by atomic mass is 32.2. The van der Waals surface area contributed by atoms with Crippen molar-refractivity contribution in [2.75, 3.05) is 11.5 Å². The standard InChI is InChI=1S/C13H13F5N2O2S2/c14-12(15)23-5-3-11(7-19)24(21,22)6-4-10-2-1-9(8-20-10)13(16,17)18/h1-2,8,11-12H,3-6H2. The Labute approximate surface area is 140 Å². The SMILES string of the molecule is N#CC(CCSC(F)F)S(=O)(=O)CCc1ccc(C(F)(F)F)cn1. The van der Waals surface area contributed by atoms with Crippen LogP contribution in [0.25, 0.3) is 0 Å². The molecule has 1 unspecified atom stereocenters. The number of nitriles is 1. The van der Waals surface area contributed by atoms with E-state index < -0.39 is 38.3 Å². The average Bonchev–Trinajstić information content (AvgIpc) is 2.48. The zero-order valence-electron chi connectivity index (χ0n) is 12.1. The molecule has 134 valence electrons. The number of aryl methyl sites for hydroxylation is 1. The molecular weight excluding hydrogens is 375 g/mol. The van der Waals surface area contributed by atoms with Gasteiger partial charge in [-0.1, -0.05) is 11.8 Å². The maximum Gasteiger partial charge on any atom is 0.417 e. The summed E-state index contributed by atoms with van der Waals surface area (Å²) in [6.45, 7) is 0. The van der Waals surface area contributed by atoms with Gasteiger partial charge in [-0.2, -0.15) is 27.2 Å². The van der Waals surface area contributed by atoms with E-state index in [-0.39, 0.29) is 36.1 Å². The van der Waals surface area contributed by atoms with Gasteiger partial charge in [-0.05, 0) is 18.6 Å². The number of hydrogen-bond donors (Lipinski definition) is 0. The highest BCUT2D eigenvalue weighted by Crippen LogP contribution is 2.28. The Kier molecular flexibility index (Phi) is 7.41. The van der Waals surface area contributed by atoms with Gasteiger partial charge < -0.3 is 0 Å². The van der Waals surface area contributed by atoms with Crippen LogP contribution >= 0.6 is 11.8 Å². The van der Waals surface area contributed by atoms with Crippen LogP contribution in [0.5, 0.6) is 0 Å². The number of aromatic nitrogens is 1. The molecule has 0 saturated carbocycles. The summed E-state index contributed by atoms with van der Waals surface area (Å²) in [5, 5.41) is 7.45. The van der Waals surface area contributed by atoms with Gasteiger partial charge in [0, 0.05) is 24.1 Å². The van der Waals surface area contributed by atoms with Gasteiger partial charge in [-0.3, -0.25) is 4.98 Å². The first-order chi connectivity index (χ1) is 11.1. The number of rotatable bonds is 8. The molecule has 0 bridgehead atoms. The fourth-order valence-electron chi connectivity index (χ4n) is 1.72. The lowest BCUT2D eigenvalue weighted by molar-refractivity contribution is -0.137. The van der Waals surface area contributed by atoms with E-state index in [1.165, 1.54) is 0 Å². The van der Waals surface area contributed by atoms with E-state index in [0.29, 0.717) is 6.20 Å². The van der Waals surface area contributed by atoms with E-state index in [0.717, 1.165) is 12.1 Å². The van der Waals surface area contributed by atoms with Gasteiger partial charge in [0.25, 0.3) is 5.76 Å². The quantitative estimate of drug-likeness (QED) is 0.639. The van der Waals surface area contributed by atoms with Crippen molar-refractivity contribution in [3.05, 3.63) is 29.6 Å². The first-order valence-electron chi connectivity index (χ1n) is 6.59. The number of thioether (sulfide) groups is 1. The van der Waals surface area contributed by atoms with E-state index in [9.17, 15) is 30.4 Å². The molecule has 24 heavy (non-hydrogen) atoms. The van der Waals surface area contributed by atoms with Crippen molar-refractivity contribution in [2.45, 2.75) is 30.0 Å². The molecule has 4 nitrogen and oxygen atoms in total. The number of halogens is 5. The van der Waals surface area contributed by atoms with Crippen molar-refractivity contribution in [3.8, 4) is 6.07 Å². The van der Waals surface area contributed by atoms with Crippen molar-refractivity contribution in [1.82, 2.24) is 4.98 Å². The molecule has 1 heterocycles. The van der Waals surface area contributed by atoms with Crippen molar-refractivity contribution in [3.63, 3.8) is 0 Å². The van der Waals surface area contributed by atoms with Crippen molar-refractivity contribution in [1.29, 1.82) is 5.26 Å². The fourth-order valence-corrected chi connectivity index (χ4v) is 3.83. The van der Waals surface area contributed by atoms with Crippen LogP contribution in [0.2, 0.25) is 0 Å². The third-order valence-corrected chi connectivity index (χ3v) is 5.70. The summed E-state index contributed by atoms with van der Waals surface area (Å²) in [5.74, 6) is -3.33. The van der Waals surface area contributed by atoms with Gasteiger partial charge in [0.15, 0.2) is 9.84 Å². The van der Waals surface area contributed by atoms with Crippen LogP contribution in [-0.2, 0) is 22.4 Å². The van der Waals surface area contributed by atoms with Crippen LogP contribution in [0.3, 0.4) is 0 Å². The Morgan fingerprint density at radius 3 is 2.42 bits per heavy atom. The minimum atomic E-state index is -4.54. The third kappa shape index (κ3) is 6.60. The predicted molar refractivity (Wildman–Crippen MR) is 79.2 cm³/mol. The van der Waals surface area contributed by atoms with E-state index in [2.05, 4.69) is 4.98 Å². The van der Waals surface area contributed by atoms with E-state index in [4.69, 9.17) is 5.26 Å². The molecule has 1 aromatic rings. The minimum absolute atomic E-state index is 0.130. The monoisotopic (exact) mass is 388 g/mol. The highest BCUT2D eigenvalue weighted by Gasteiger charge is 2.31. The molecule has 1 rings (SSSR count). The van der Waals surface area contributed by atoms with Crippen LogP contribution in [0, 0.1) is 11.3 Å². The summed E-state index contributed by atoms with van der Waals surface area (Å²) in [7, 11) is -3.89.